The molecule has 0 radical (unpaired) electrons. The minimum absolute atomic E-state index is 0.00604. The van der Waals surface area contributed by atoms with Gasteiger partial charge in [-0.05, 0) is 19.4 Å². The highest BCUT2D eigenvalue weighted by atomic mass is 16.8. The third kappa shape index (κ3) is 9.41. The maximum absolute atomic E-state index is 12.6. The van der Waals surface area contributed by atoms with E-state index in [1.54, 1.807) is 38.1 Å². The number of hydrogen-bond donors (Lipinski definition) is 3. The Morgan fingerprint density at radius 1 is 1.09 bits per heavy atom. The molecule has 1 aromatic rings. The van der Waals surface area contributed by atoms with Gasteiger partial charge >= 0.3 is 12.2 Å². The SMILES string of the molecule is CC1(C)OCC(C)(C)C(C(=O)NCCC(=O)NCCN(OC(N)=O)C(=O)OCc2ccccc2)O1. The van der Waals surface area contributed by atoms with Gasteiger partial charge in [-0.3, -0.25) is 9.59 Å². The molecule has 1 heterocycles. The van der Waals surface area contributed by atoms with Gasteiger partial charge in [0.2, 0.25) is 11.8 Å². The first-order valence-electron chi connectivity index (χ1n) is 11.2. The molecule has 2 rings (SSSR count). The van der Waals surface area contributed by atoms with E-state index in [4.69, 9.17) is 19.9 Å². The summed E-state index contributed by atoms with van der Waals surface area (Å²) >= 11 is 0. The van der Waals surface area contributed by atoms with Crippen molar-refractivity contribution in [2.75, 3.05) is 26.2 Å². The summed E-state index contributed by atoms with van der Waals surface area (Å²) in [6.07, 6.45) is -2.86. The Hall–Kier alpha value is -3.38. The summed E-state index contributed by atoms with van der Waals surface area (Å²) in [5.41, 5.74) is 5.22. The first kappa shape index (κ1) is 27.9. The number of amides is 4. The van der Waals surface area contributed by atoms with E-state index in [1.165, 1.54) is 0 Å². The van der Waals surface area contributed by atoms with Gasteiger partial charge in [-0.15, -0.1) is 5.06 Å². The maximum Gasteiger partial charge on any atom is 0.443 e. The largest absolute Gasteiger partial charge is 0.443 e. The number of nitrogens with two attached hydrogens (primary N) is 1. The number of rotatable bonds is 9. The van der Waals surface area contributed by atoms with E-state index < -0.39 is 29.5 Å². The molecule has 1 aromatic carbocycles. The lowest BCUT2D eigenvalue weighted by Gasteiger charge is -2.44. The van der Waals surface area contributed by atoms with Gasteiger partial charge in [-0.2, -0.15) is 0 Å². The average molecular weight is 495 g/mol. The molecule has 0 saturated carbocycles. The molecule has 0 bridgehead atoms. The lowest BCUT2D eigenvalue weighted by molar-refractivity contribution is -0.304. The van der Waals surface area contributed by atoms with Gasteiger partial charge in [0, 0.05) is 24.9 Å². The van der Waals surface area contributed by atoms with Crippen LogP contribution in [0.25, 0.3) is 0 Å². The molecule has 1 aliphatic heterocycles. The van der Waals surface area contributed by atoms with Crippen molar-refractivity contribution in [2.45, 2.75) is 52.6 Å². The second-order valence-electron chi connectivity index (χ2n) is 9.12. The summed E-state index contributed by atoms with van der Waals surface area (Å²) in [6.45, 7) is 7.39. The number of hydroxylamine groups is 2. The maximum atomic E-state index is 12.6. The van der Waals surface area contributed by atoms with Gasteiger partial charge < -0.3 is 35.4 Å². The van der Waals surface area contributed by atoms with E-state index in [1.807, 2.05) is 19.9 Å². The molecule has 0 aliphatic carbocycles. The quantitative estimate of drug-likeness (QED) is 0.435. The van der Waals surface area contributed by atoms with Gasteiger partial charge in [0.15, 0.2) is 5.79 Å². The van der Waals surface area contributed by atoms with E-state index in [0.29, 0.717) is 11.7 Å². The fourth-order valence-electron chi connectivity index (χ4n) is 3.17. The minimum atomic E-state index is -1.20. The average Bonchev–Trinajstić information content (AvgIpc) is 2.79. The van der Waals surface area contributed by atoms with E-state index in [-0.39, 0.29) is 44.5 Å². The first-order chi connectivity index (χ1) is 16.4. The fourth-order valence-corrected chi connectivity index (χ4v) is 3.17. The number of benzene rings is 1. The van der Waals surface area contributed by atoms with Crippen molar-refractivity contribution in [1.29, 1.82) is 0 Å². The van der Waals surface area contributed by atoms with E-state index in [9.17, 15) is 19.2 Å². The number of primary amides is 1. The minimum Gasteiger partial charge on any atom is -0.442 e. The summed E-state index contributed by atoms with van der Waals surface area (Å²) in [5, 5.41) is 5.90. The molecule has 0 aromatic heterocycles. The fraction of sp³-hybridized carbons (Fsp3) is 0.565. The van der Waals surface area contributed by atoms with Crippen LogP contribution >= 0.6 is 0 Å². The topological polar surface area (TPSA) is 159 Å². The third-order valence-electron chi connectivity index (χ3n) is 5.04. The molecule has 1 atom stereocenters. The zero-order valence-electron chi connectivity index (χ0n) is 20.5. The summed E-state index contributed by atoms with van der Waals surface area (Å²) in [6, 6.07) is 8.93. The zero-order chi connectivity index (χ0) is 26.1. The van der Waals surface area contributed by atoms with Crippen molar-refractivity contribution >= 4 is 24.0 Å². The van der Waals surface area contributed by atoms with Gasteiger partial charge in [0.05, 0.1) is 13.2 Å². The number of hydrogen-bond acceptors (Lipinski definition) is 8. The van der Waals surface area contributed by atoms with Gasteiger partial charge in [0.25, 0.3) is 0 Å². The van der Waals surface area contributed by atoms with Crippen LogP contribution in [0.5, 0.6) is 0 Å². The number of carbonyl (C=O) groups excluding carboxylic acids is 4. The first-order valence-corrected chi connectivity index (χ1v) is 11.2. The smallest absolute Gasteiger partial charge is 0.442 e. The standard InChI is InChI=1S/C23H34N4O8/c1-22(2)15-33-23(3,4)34-18(22)19(29)26-11-10-17(28)25-12-13-27(35-20(24)30)21(31)32-14-16-8-6-5-7-9-16/h5-9,18H,10-15H2,1-4H3,(H2,24,30)(H,25,28)(H,26,29). The van der Waals surface area contributed by atoms with Crippen molar-refractivity contribution in [3.63, 3.8) is 0 Å². The third-order valence-corrected chi connectivity index (χ3v) is 5.04. The van der Waals surface area contributed by atoms with Crippen LogP contribution in [0.4, 0.5) is 9.59 Å². The van der Waals surface area contributed by atoms with Gasteiger partial charge in [-0.25, -0.2) is 9.59 Å². The Labute approximate surface area is 204 Å². The second kappa shape index (κ2) is 12.4. The second-order valence-corrected chi connectivity index (χ2v) is 9.12. The molecule has 4 amide bonds. The highest BCUT2D eigenvalue weighted by molar-refractivity contribution is 5.83. The summed E-state index contributed by atoms with van der Waals surface area (Å²) < 4.78 is 16.5. The molecule has 4 N–H and O–H groups in total. The molecule has 194 valence electrons. The Balaban J connectivity index is 1.73. The lowest BCUT2D eigenvalue weighted by Crippen LogP contribution is -2.56. The molecule has 0 spiro atoms. The van der Waals surface area contributed by atoms with Crippen molar-refractivity contribution in [3.05, 3.63) is 35.9 Å². The van der Waals surface area contributed by atoms with Crippen LogP contribution in [0.3, 0.4) is 0 Å². The highest BCUT2D eigenvalue weighted by Gasteiger charge is 2.45. The lowest BCUT2D eigenvalue weighted by atomic mass is 9.85. The molecule has 1 fully saturated rings. The van der Waals surface area contributed by atoms with Crippen molar-refractivity contribution < 1.29 is 38.2 Å². The zero-order valence-corrected chi connectivity index (χ0v) is 20.5. The summed E-state index contributed by atoms with van der Waals surface area (Å²) in [7, 11) is 0. The normalized spacial score (nSPS) is 18.1. The van der Waals surface area contributed by atoms with Crippen LogP contribution in [-0.4, -0.2) is 67.2 Å². The predicted molar refractivity (Wildman–Crippen MR) is 123 cm³/mol. The van der Waals surface area contributed by atoms with E-state index >= 15 is 0 Å². The van der Waals surface area contributed by atoms with Crippen molar-refractivity contribution in [1.82, 2.24) is 15.7 Å². The van der Waals surface area contributed by atoms with E-state index in [2.05, 4.69) is 15.5 Å². The summed E-state index contributed by atoms with van der Waals surface area (Å²) in [4.78, 5) is 52.7. The number of carbonyl (C=O) groups is 4. The van der Waals surface area contributed by atoms with Crippen LogP contribution in [0.1, 0.15) is 39.7 Å². The molecule has 12 heteroatoms. The van der Waals surface area contributed by atoms with Crippen LogP contribution in [0.15, 0.2) is 30.3 Å². The Bertz CT molecular complexity index is 891. The molecule has 1 saturated heterocycles. The molecule has 1 aliphatic rings. The number of ether oxygens (including phenoxy) is 3. The molecule has 35 heavy (non-hydrogen) atoms. The van der Waals surface area contributed by atoms with Crippen molar-refractivity contribution in [2.24, 2.45) is 11.1 Å². The predicted octanol–water partition coefficient (Wildman–Crippen LogP) is 1.44. The molecular weight excluding hydrogens is 460 g/mol. The van der Waals surface area contributed by atoms with Crippen LogP contribution in [0, 0.1) is 5.41 Å². The summed E-state index contributed by atoms with van der Waals surface area (Å²) in [5.74, 6) is -1.59. The van der Waals surface area contributed by atoms with E-state index in [0.717, 1.165) is 5.56 Å². The Morgan fingerprint density at radius 2 is 1.77 bits per heavy atom. The highest BCUT2D eigenvalue weighted by Crippen LogP contribution is 2.34. The molecule has 1 unspecified atom stereocenters. The number of nitrogens with zero attached hydrogens (tertiary/aromatic N) is 1. The molecular formula is C23H34N4O8. The van der Waals surface area contributed by atoms with Crippen molar-refractivity contribution in [3.8, 4) is 0 Å². The molecule has 12 nitrogen and oxygen atoms in total. The Kier molecular flexibility index (Phi) is 9.84. The van der Waals surface area contributed by atoms with Crippen LogP contribution in [0.2, 0.25) is 0 Å². The number of nitrogens with one attached hydrogen (secondary N) is 2. The van der Waals surface area contributed by atoms with Gasteiger partial charge in [-0.1, -0.05) is 44.2 Å². The van der Waals surface area contributed by atoms with Crippen LogP contribution < -0.4 is 16.4 Å². The monoisotopic (exact) mass is 494 g/mol. The Morgan fingerprint density at radius 3 is 2.43 bits per heavy atom. The van der Waals surface area contributed by atoms with Crippen LogP contribution in [-0.2, 0) is 35.2 Å². The van der Waals surface area contributed by atoms with Gasteiger partial charge in [0.1, 0.15) is 12.7 Å².